The van der Waals surface area contributed by atoms with E-state index in [2.05, 4.69) is 4.74 Å². The van der Waals surface area contributed by atoms with Crippen LogP contribution in [0.25, 0.3) is 0 Å². The van der Waals surface area contributed by atoms with Gasteiger partial charge in [0.2, 0.25) is 0 Å². The van der Waals surface area contributed by atoms with Gasteiger partial charge in [-0.1, -0.05) is 0 Å². The number of halogens is 1. The van der Waals surface area contributed by atoms with E-state index < -0.39 is 24.2 Å². The average molecular weight is 283 g/mol. The van der Waals surface area contributed by atoms with Gasteiger partial charge in [0.1, 0.15) is 23.7 Å². The van der Waals surface area contributed by atoms with Gasteiger partial charge in [0.05, 0.1) is 13.7 Å². The van der Waals surface area contributed by atoms with Crippen LogP contribution in [-0.4, -0.2) is 47.9 Å². The van der Waals surface area contributed by atoms with E-state index in [1.165, 1.54) is 31.4 Å². The molecule has 1 aromatic carbocycles. The Morgan fingerprint density at radius 3 is 2.55 bits per heavy atom. The van der Waals surface area contributed by atoms with Gasteiger partial charge in [-0.25, -0.2) is 14.0 Å². The Bertz CT molecular complexity index is 504. The number of rotatable bonds is 3. The highest BCUT2D eigenvalue weighted by molar-refractivity contribution is 5.81. The van der Waals surface area contributed by atoms with Crippen LogP contribution < -0.4 is 4.74 Å². The fourth-order valence-electron chi connectivity index (χ4n) is 2.16. The molecule has 7 heteroatoms. The van der Waals surface area contributed by atoms with Crippen molar-refractivity contribution < 1.29 is 28.6 Å². The quantitative estimate of drug-likeness (QED) is 0.851. The highest BCUT2D eigenvalue weighted by Gasteiger charge is 2.41. The fourth-order valence-corrected chi connectivity index (χ4v) is 2.16. The molecule has 1 aromatic rings. The maximum Gasteiger partial charge on any atom is 0.408 e. The maximum atomic E-state index is 12.8. The third-order valence-corrected chi connectivity index (χ3v) is 3.10. The van der Waals surface area contributed by atoms with E-state index in [0.717, 1.165) is 4.90 Å². The highest BCUT2D eigenvalue weighted by Crippen LogP contribution is 2.24. The minimum Gasteiger partial charge on any atom is -0.488 e. The molecule has 1 amide bonds. The molecular formula is C13H14FNO5. The number of carbonyl (C=O) groups is 2. The second-order valence-electron chi connectivity index (χ2n) is 4.40. The molecule has 2 rings (SSSR count). The first-order valence-corrected chi connectivity index (χ1v) is 6.01. The molecule has 1 saturated heterocycles. The maximum absolute atomic E-state index is 12.8. The Hall–Kier alpha value is -2.31. The van der Waals surface area contributed by atoms with Crippen LogP contribution >= 0.6 is 0 Å². The van der Waals surface area contributed by atoms with Crippen LogP contribution in [0.15, 0.2) is 24.3 Å². The Morgan fingerprint density at radius 1 is 1.35 bits per heavy atom. The smallest absolute Gasteiger partial charge is 0.408 e. The molecule has 0 bridgehead atoms. The van der Waals surface area contributed by atoms with Gasteiger partial charge < -0.3 is 14.6 Å². The van der Waals surface area contributed by atoms with Crippen molar-refractivity contribution in [2.75, 3.05) is 13.7 Å². The molecule has 1 N–H and O–H groups in total. The van der Waals surface area contributed by atoms with Gasteiger partial charge in [-0.05, 0) is 24.3 Å². The molecule has 0 aliphatic carbocycles. The van der Waals surface area contributed by atoms with Crippen LogP contribution in [-0.2, 0) is 9.53 Å². The summed E-state index contributed by atoms with van der Waals surface area (Å²) < 4.78 is 22.9. The summed E-state index contributed by atoms with van der Waals surface area (Å²) in [6.07, 6.45) is -1.47. The minimum atomic E-state index is -1.20. The first kappa shape index (κ1) is 14.1. The second kappa shape index (κ2) is 5.77. The predicted molar refractivity (Wildman–Crippen MR) is 66.0 cm³/mol. The van der Waals surface area contributed by atoms with E-state index in [-0.39, 0.29) is 18.8 Å². The number of nitrogens with zero attached hydrogens (tertiary/aromatic N) is 1. The Labute approximate surface area is 114 Å². The molecule has 6 nitrogen and oxygen atoms in total. The zero-order valence-electron chi connectivity index (χ0n) is 10.8. The number of hydrogen-bond acceptors (Lipinski definition) is 4. The third kappa shape index (κ3) is 2.98. The van der Waals surface area contributed by atoms with Crippen molar-refractivity contribution in [3.05, 3.63) is 30.1 Å². The van der Waals surface area contributed by atoms with Gasteiger partial charge in [-0.15, -0.1) is 0 Å². The Balaban J connectivity index is 2.06. The van der Waals surface area contributed by atoms with E-state index in [1.807, 2.05) is 0 Å². The van der Waals surface area contributed by atoms with Gasteiger partial charge >= 0.3 is 12.1 Å². The lowest BCUT2D eigenvalue weighted by Crippen LogP contribution is -2.40. The van der Waals surface area contributed by atoms with Crippen LogP contribution in [0.1, 0.15) is 6.42 Å². The van der Waals surface area contributed by atoms with Crippen LogP contribution in [0.5, 0.6) is 5.75 Å². The topological polar surface area (TPSA) is 76.1 Å². The number of benzene rings is 1. The first-order valence-electron chi connectivity index (χ1n) is 6.01. The fraction of sp³-hybridized carbons (Fsp3) is 0.385. The third-order valence-electron chi connectivity index (χ3n) is 3.10. The zero-order valence-corrected chi connectivity index (χ0v) is 10.8. The molecule has 2 atom stereocenters. The lowest BCUT2D eigenvalue weighted by Gasteiger charge is -2.18. The van der Waals surface area contributed by atoms with Crippen molar-refractivity contribution >= 4 is 12.1 Å². The average Bonchev–Trinajstić information content (AvgIpc) is 2.84. The van der Waals surface area contributed by atoms with Crippen LogP contribution in [0.2, 0.25) is 0 Å². The van der Waals surface area contributed by atoms with Gasteiger partial charge in [-0.3, -0.25) is 4.90 Å². The Morgan fingerprint density at radius 2 is 2.00 bits per heavy atom. The first-order chi connectivity index (χ1) is 9.51. The number of methoxy groups -OCH3 is 1. The summed E-state index contributed by atoms with van der Waals surface area (Å²) in [5, 5.41) is 9.06. The van der Waals surface area contributed by atoms with Crippen molar-refractivity contribution in [2.45, 2.75) is 18.6 Å². The van der Waals surface area contributed by atoms with Crippen molar-refractivity contribution in [2.24, 2.45) is 0 Å². The second-order valence-corrected chi connectivity index (χ2v) is 4.40. The molecule has 20 heavy (non-hydrogen) atoms. The summed E-state index contributed by atoms with van der Waals surface area (Å²) in [6.45, 7) is 0.0620. The highest BCUT2D eigenvalue weighted by atomic mass is 19.1. The number of likely N-dealkylation sites (tertiary alicyclic amines) is 1. The number of esters is 1. The van der Waals surface area contributed by atoms with E-state index in [1.54, 1.807) is 0 Å². The molecule has 1 fully saturated rings. The van der Waals surface area contributed by atoms with Crippen molar-refractivity contribution in [1.82, 2.24) is 4.90 Å². The molecule has 1 aliphatic heterocycles. The molecule has 1 aliphatic rings. The molecule has 0 radical (unpaired) electrons. The van der Waals surface area contributed by atoms with Crippen LogP contribution in [0, 0.1) is 5.82 Å². The largest absolute Gasteiger partial charge is 0.488 e. The molecule has 0 aromatic heterocycles. The van der Waals surface area contributed by atoms with Crippen molar-refractivity contribution in [1.29, 1.82) is 0 Å². The normalized spacial score (nSPS) is 21.6. The molecular weight excluding hydrogens is 269 g/mol. The van der Waals surface area contributed by atoms with Crippen LogP contribution in [0.4, 0.5) is 9.18 Å². The van der Waals surface area contributed by atoms with Gasteiger partial charge in [-0.2, -0.15) is 0 Å². The number of amides is 1. The summed E-state index contributed by atoms with van der Waals surface area (Å²) in [6, 6.07) is 4.52. The monoisotopic (exact) mass is 283 g/mol. The van der Waals surface area contributed by atoms with Gasteiger partial charge in [0.25, 0.3) is 0 Å². The van der Waals surface area contributed by atoms with Crippen molar-refractivity contribution in [3.8, 4) is 5.75 Å². The summed E-state index contributed by atoms with van der Waals surface area (Å²) in [7, 11) is 1.20. The molecule has 0 unspecified atom stereocenters. The number of carbonyl (C=O) groups excluding carboxylic acids is 1. The van der Waals surface area contributed by atoms with E-state index in [9.17, 15) is 14.0 Å². The van der Waals surface area contributed by atoms with Gasteiger partial charge in [0, 0.05) is 6.42 Å². The molecule has 1 heterocycles. The van der Waals surface area contributed by atoms with E-state index in [0.29, 0.717) is 5.75 Å². The zero-order chi connectivity index (χ0) is 14.7. The number of hydrogen-bond donors (Lipinski definition) is 1. The summed E-state index contributed by atoms with van der Waals surface area (Å²) in [4.78, 5) is 23.6. The lowest BCUT2D eigenvalue weighted by atomic mass is 10.2. The summed E-state index contributed by atoms with van der Waals surface area (Å²) in [5.74, 6) is -0.576. The lowest BCUT2D eigenvalue weighted by molar-refractivity contribution is -0.145. The predicted octanol–water partition coefficient (Wildman–Crippen LogP) is 1.50. The molecule has 0 saturated carbocycles. The van der Waals surface area contributed by atoms with Crippen LogP contribution in [0.3, 0.4) is 0 Å². The van der Waals surface area contributed by atoms with Crippen molar-refractivity contribution in [3.63, 3.8) is 0 Å². The molecule has 108 valence electrons. The van der Waals surface area contributed by atoms with Gasteiger partial charge in [0.15, 0.2) is 0 Å². The van der Waals surface area contributed by atoms with E-state index >= 15 is 0 Å². The number of ether oxygens (including phenoxy) is 2. The van der Waals surface area contributed by atoms with E-state index in [4.69, 9.17) is 9.84 Å². The minimum absolute atomic E-state index is 0.0620. The standard InChI is InChI=1S/C13H14FNO5/c1-19-12(16)11-6-10(7-15(11)13(17)18)20-9-4-2-8(14)3-5-9/h2-5,10-11H,6-7H2,1H3,(H,17,18)/t10-,11-/m0/s1. The molecule has 0 spiro atoms. The number of carboxylic acid groups (broad SMARTS) is 1. The SMILES string of the molecule is COC(=O)[C@@H]1C[C@H](Oc2ccc(F)cc2)CN1C(=O)O. The Kier molecular flexibility index (Phi) is 4.07. The summed E-state index contributed by atoms with van der Waals surface area (Å²) >= 11 is 0. The summed E-state index contributed by atoms with van der Waals surface area (Å²) in [5.41, 5.74) is 0.